The van der Waals surface area contributed by atoms with Gasteiger partial charge < -0.3 is 25.3 Å². The molecule has 0 spiro atoms. The molecular weight excluding hydrogens is 370 g/mol. The number of anilines is 2. The van der Waals surface area contributed by atoms with Crippen molar-refractivity contribution in [3.05, 3.63) is 72.8 Å². The number of amides is 3. The van der Waals surface area contributed by atoms with Gasteiger partial charge in [-0.3, -0.25) is 4.79 Å². The van der Waals surface area contributed by atoms with Crippen LogP contribution in [0.25, 0.3) is 0 Å². The first kappa shape index (κ1) is 19.9. The Kier molecular flexibility index (Phi) is 6.83. The van der Waals surface area contributed by atoms with E-state index < -0.39 is 6.03 Å². The minimum absolute atomic E-state index is 0.166. The number of ether oxygens (including phenoxy) is 1. The van der Waals surface area contributed by atoms with E-state index in [4.69, 9.17) is 4.74 Å². The molecule has 1 aromatic heterocycles. The van der Waals surface area contributed by atoms with Crippen molar-refractivity contribution >= 4 is 23.3 Å². The van der Waals surface area contributed by atoms with Gasteiger partial charge in [0.05, 0.1) is 25.1 Å². The molecule has 1 heterocycles. The van der Waals surface area contributed by atoms with Gasteiger partial charge in [0.15, 0.2) is 0 Å². The summed E-state index contributed by atoms with van der Waals surface area (Å²) in [5, 5.41) is 7.99. The summed E-state index contributed by atoms with van der Waals surface area (Å²) in [6.45, 7) is 2.84. The Morgan fingerprint density at radius 2 is 1.97 bits per heavy atom. The standard InChI is InChI=1S/C21H23N5O3/c1-16-5-4-6-17(13-16)24-21(28)23-14-20(27)25-18-7-2-3-8-19(18)29-12-11-26-10-9-22-15-26/h2-10,13,15H,11-12,14H2,1H3,(H,25,27)(H2,23,24,28). The van der Waals surface area contributed by atoms with Crippen LogP contribution >= 0.6 is 0 Å². The van der Waals surface area contributed by atoms with Crippen LogP contribution in [0.15, 0.2) is 67.3 Å². The quantitative estimate of drug-likeness (QED) is 0.548. The average molecular weight is 393 g/mol. The number of aryl methyl sites for hydroxylation is 1. The lowest BCUT2D eigenvalue weighted by Gasteiger charge is -2.13. The monoisotopic (exact) mass is 393 g/mol. The van der Waals surface area contributed by atoms with Crippen molar-refractivity contribution in [1.29, 1.82) is 0 Å². The Morgan fingerprint density at radius 3 is 2.76 bits per heavy atom. The molecule has 0 aliphatic carbocycles. The molecule has 3 amide bonds. The van der Waals surface area contributed by atoms with Crippen LogP contribution in [0.4, 0.5) is 16.2 Å². The van der Waals surface area contributed by atoms with Crippen molar-refractivity contribution in [2.45, 2.75) is 13.5 Å². The van der Waals surface area contributed by atoms with E-state index in [1.165, 1.54) is 0 Å². The maximum atomic E-state index is 12.2. The predicted octanol–water partition coefficient (Wildman–Crippen LogP) is 3.03. The summed E-state index contributed by atoms with van der Waals surface area (Å²) < 4.78 is 7.66. The van der Waals surface area contributed by atoms with E-state index in [-0.39, 0.29) is 12.5 Å². The molecule has 0 aliphatic rings. The number of nitrogens with one attached hydrogen (secondary N) is 3. The number of hydrogen-bond donors (Lipinski definition) is 3. The summed E-state index contributed by atoms with van der Waals surface area (Å²) in [7, 11) is 0. The molecule has 0 saturated carbocycles. The van der Waals surface area contributed by atoms with Gasteiger partial charge >= 0.3 is 6.03 Å². The first-order valence-electron chi connectivity index (χ1n) is 9.19. The largest absolute Gasteiger partial charge is 0.490 e. The molecule has 0 fully saturated rings. The molecular formula is C21H23N5O3. The second-order valence-electron chi connectivity index (χ2n) is 6.37. The van der Waals surface area contributed by atoms with Gasteiger partial charge in [-0.2, -0.15) is 0 Å². The van der Waals surface area contributed by atoms with E-state index in [0.29, 0.717) is 30.3 Å². The summed E-state index contributed by atoms with van der Waals surface area (Å²) in [5.74, 6) is 0.209. The Balaban J connectivity index is 1.46. The molecule has 0 bridgehead atoms. The van der Waals surface area contributed by atoms with Gasteiger partial charge in [-0.15, -0.1) is 0 Å². The van der Waals surface area contributed by atoms with Crippen molar-refractivity contribution in [2.24, 2.45) is 0 Å². The van der Waals surface area contributed by atoms with Gasteiger partial charge in [-0.25, -0.2) is 9.78 Å². The summed E-state index contributed by atoms with van der Waals surface area (Å²) in [5.41, 5.74) is 2.24. The molecule has 0 radical (unpaired) electrons. The summed E-state index contributed by atoms with van der Waals surface area (Å²) in [6, 6.07) is 14.1. The highest BCUT2D eigenvalue weighted by Gasteiger charge is 2.09. The third-order valence-corrected chi connectivity index (χ3v) is 4.01. The molecule has 0 saturated heterocycles. The Hall–Kier alpha value is -3.81. The molecule has 2 aromatic carbocycles. The summed E-state index contributed by atoms with van der Waals surface area (Å²) in [6.07, 6.45) is 5.27. The Morgan fingerprint density at radius 1 is 1.10 bits per heavy atom. The van der Waals surface area contributed by atoms with Crippen LogP contribution in [-0.2, 0) is 11.3 Å². The van der Waals surface area contributed by atoms with E-state index in [2.05, 4.69) is 20.9 Å². The van der Waals surface area contributed by atoms with Gasteiger partial charge in [-0.1, -0.05) is 24.3 Å². The maximum Gasteiger partial charge on any atom is 0.319 e. The number of urea groups is 1. The summed E-state index contributed by atoms with van der Waals surface area (Å²) in [4.78, 5) is 28.2. The maximum absolute atomic E-state index is 12.2. The molecule has 0 atom stereocenters. The number of hydrogen-bond acceptors (Lipinski definition) is 4. The second-order valence-corrected chi connectivity index (χ2v) is 6.37. The topological polar surface area (TPSA) is 97.3 Å². The van der Waals surface area contributed by atoms with Crippen LogP contribution in [-0.4, -0.2) is 34.6 Å². The van der Waals surface area contributed by atoms with Gasteiger partial charge in [0.1, 0.15) is 12.4 Å². The fourth-order valence-electron chi connectivity index (χ4n) is 2.63. The number of para-hydroxylation sites is 2. The number of benzene rings is 2. The van der Waals surface area contributed by atoms with Gasteiger partial charge in [0, 0.05) is 18.1 Å². The van der Waals surface area contributed by atoms with Crippen molar-refractivity contribution in [3.8, 4) is 5.75 Å². The lowest BCUT2D eigenvalue weighted by Crippen LogP contribution is -2.35. The third-order valence-electron chi connectivity index (χ3n) is 4.01. The number of rotatable bonds is 8. The third kappa shape index (κ3) is 6.39. The molecule has 3 aromatic rings. The molecule has 8 nitrogen and oxygen atoms in total. The van der Waals surface area contributed by atoms with E-state index in [1.54, 1.807) is 36.8 Å². The zero-order chi connectivity index (χ0) is 20.5. The molecule has 0 aliphatic heterocycles. The first-order chi connectivity index (χ1) is 14.1. The fraction of sp³-hybridized carbons (Fsp3) is 0.190. The highest BCUT2D eigenvalue weighted by molar-refractivity contribution is 5.97. The van der Waals surface area contributed by atoms with E-state index in [1.807, 2.05) is 42.0 Å². The number of imidazole rings is 1. The van der Waals surface area contributed by atoms with Crippen LogP contribution in [0, 0.1) is 6.92 Å². The zero-order valence-electron chi connectivity index (χ0n) is 16.1. The smallest absolute Gasteiger partial charge is 0.319 e. The van der Waals surface area contributed by atoms with Crippen LogP contribution in [0.5, 0.6) is 5.75 Å². The Bertz CT molecular complexity index is 956. The highest BCUT2D eigenvalue weighted by atomic mass is 16.5. The Labute approximate surface area is 168 Å². The molecule has 150 valence electrons. The normalized spacial score (nSPS) is 10.2. The molecule has 3 rings (SSSR count). The number of aromatic nitrogens is 2. The molecule has 3 N–H and O–H groups in total. The van der Waals surface area contributed by atoms with E-state index in [9.17, 15) is 9.59 Å². The molecule has 0 unspecified atom stereocenters. The SMILES string of the molecule is Cc1cccc(NC(=O)NCC(=O)Nc2ccccc2OCCn2ccnc2)c1. The van der Waals surface area contributed by atoms with Crippen molar-refractivity contribution in [3.63, 3.8) is 0 Å². The van der Waals surface area contributed by atoms with E-state index in [0.717, 1.165) is 5.56 Å². The summed E-state index contributed by atoms with van der Waals surface area (Å²) >= 11 is 0. The average Bonchev–Trinajstić information content (AvgIpc) is 3.21. The lowest BCUT2D eigenvalue weighted by atomic mass is 10.2. The van der Waals surface area contributed by atoms with Crippen molar-refractivity contribution in [2.75, 3.05) is 23.8 Å². The van der Waals surface area contributed by atoms with Gasteiger partial charge in [0.2, 0.25) is 5.91 Å². The minimum atomic E-state index is -0.449. The zero-order valence-corrected chi connectivity index (χ0v) is 16.1. The number of nitrogens with zero attached hydrogens (tertiary/aromatic N) is 2. The number of carbonyl (C=O) groups is 2. The van der Waals surface area contributed by atoms with E-state index >= 15 is 0 Å². The van der Waals surface area contributed by atoms with Crippen molar-refractivity contribution < 1.29 is 14.3 Å². The van der Waals surface area contributed by atoms with Crippen LogP contribution in [0.2, 0.25) is 0 Å². The predicted molar refractivity (Wildman–Crippen MR) is 111 cm³/mol. The van der Waals surface area contributed by atoms with Crippen LogP contribution in [0.1, 0.15) is 5.56 Å². The van der Waals surface area contributed by atoms with Crippen LogP contribution < -0.4 is 20.7 Å². The van der Waals surface area contributed by atoms with Crippen molar-refractivity contribution in [1.82, 2.24) is 14.9 Å². The molecule has 29 heavy (non-hydrogen) atoms. The van der Waals surface area contributed by atoms with Gasteiger partial charge in [0.25, 0.3) is 0 Å². The number of carbonyl (C=O) groups excluding carboxylic acids is 2. The highest BCUT2D eigenvalue weighted by Crippen LogP contribution is 2.23. The second kappa shape index (κ2) is 9.93. The lowest BCUT2D eigenvalue weighted by molar-refractivity contribution is -0.115. The van der Waals surface area contributed by atoms with Gasteiger partial charge in [-0.05, 0) is 36.8 Å². The first-order valence-corrected chi connectivity index (χ1v) is 9.19. The van der Waals surface area contributed by atoms with Crippen LogP contribution in [0.3, 0.4) is 0 Å². The molecule has 8 heteroatoms. The minimum Gasteiger partial charge on any atom is -0.490 e. The fourth-order valence-corrected chi connectivity index (χ4v) is 2.63.